The molecule has 6 heteroatoms. The summed E-state index contributed by atoms with van der Waals surface area (Å²) in [6, 6.07) is 14.7. The molecule has 0 fully saturated rings. The topological polar surface area (TPSA) is 84.2 Å². The van der Waals surface area contributed by atoms with Crippen LogP contribution in [0.5, 0.6) is 0 Å². The van der Waals surface area contributed by atoms with E-state index in [0.29, 0.717) is 35.0 Å². The third kappa shape index (κ3) is 2.44. The van der Waals surface area contributed by atoms with Gasteiger partial charge in [0.05, 0.1) is 23.9 Å². The van der Waals surface area contributed by atoms with Crippen LogP contribution in [0.15, 0.2) is 59.1 Å². The molecule has 0 saturated carbocycles. The van der Waals surface area contributed by atoms with Crippen LogP contribution in [0.2, 0.25) is 0 Å². The summed E-state index contributed by atoms with van der Waals surface area (Å²) >= 11 is 0. The first-order valence-electron chi connectivity index (χ1n) is 7.45. The minimum atomic E-state index is -0.388. The molecule has 0 spiro atoms. The molecule has 0 radical (unpaired) electrons. The Balaban J connectivity index is 1.54. The molecule has 0 saturated heterocycles. The first-order chi connectivity index (χ1) is 11.7. The molecule has 3 aromatic rings. The van der Waals surface area contributed by atoms with Crippen molar-refractivity contribution < 1.29 is 14.0 Å². The van der Waals surface area contributed by atoms with Crippen LogP contribution in [0.25, 0.3) is 11.5 Å². The number of nitrogens with zero attached hydrogens (tertiary/aromatic N) is 1. The van der Waals surface area contributed by atoms with Crippen molar-refractivity contribution in [2.75, 3.05) is 5.32 Å². The van der Waals surface area contributed by atoms with Crippen molar-refractivity contribution in [2.45, 2.75) is 6.54 Å². The third-order valence-electron chi connectivity index (χ3n) is 3.79. The van der Waals surface area contributed by atoms with Gasteiger partial charge in [-0.15, -0.1) is 0 Å². The maximum Gasteiger partial charge on any atom is 0.261 e. The van der Waals surface area contributed by atoms with Gasteiger partial charge in [-0.2, -0.15) is 0 Å². The number of imide groups is 1. The number of oxazole rings is 1. The predicted molar refractivity (Wildman–Crippen MR) is 87.5 cm³/mol. The number of anilines is 1. The molecule has 1 aliphatic rings. The molecule has 24 heavy (non-hydrogen) atoms. The number of rotatable bonds is 4. The fraction of sp³-hybridized carbons (Fsp3) is 0.0556. The van der Waals surface area contributed by atoms with Gasteiger partial charge in [0.2, 0.25) is 5.89 Å². The molecule has 2 N–H and O–H groups in total. The highest BCUT2D eigenvalue weighted by Gasteiger charge is 2.29. The van der Waals surface area contributed by atoms with Gasteiger partial charge in [0.1, 0.15) is 5.76 Å². The number of amides is 2. The van der Waals surface area contributed by atoms with Gasteiger partial charge in [0, 0.05) is 11.3 Å². The molecule has 6 nitrogen and oxygen atoms in total. The van der Waals surface area contributed by atoms with Gasteiger partial charge < -0.3 is 9.73 Å². The molecular weight excluding hydrogens is 306 g/mol. The molecule has 2 amide bonds. The van der Waals surface area contributed by atoms with E-state index in [1.54, 1.807) is 24.4 Å². The highest BCUT2D eigenvalue weighted by atomic mass is 16.4. The van der Waals surface area contributed by atoms with Crippen molar-refractivity contribution in [3.8, 4) is 11.5 Å². The molecule has 1 aliphatic heterocycles. The van der Waals surface area contributed by atoms with Crippen molar-refractivity contribution >= 4 is 17.5 Å². The molecule has 0 atom stereocenters. The number of aromatic nitrogens is 1. The average Bonchev–Trinajstić information content (AvgIpc) is 3.19. The summed E-state index contributed by atoms with van der Waals surface area (Å²) in [7, 11) is 0. The molecule has 0 unspecified atom stereocenters. The summed E-state index contributed by atoms with van der Waals surface area (Å²) in [5.74, 6) is 0.417. The van der Waals surface area contributed by atoms with E-state index >= 15 is 0 Å². The smallest absolute Gasteiger partial charge is 0.261 e. The Morgan fingerprint density at radius 3 is 2.67 bits per heavy atom. The molecule has 0 aliphatic carbocycles. The van der Waals surface area contributed by atoms with Crippen molar-refractivity contribution in [3.63, 3.8) is 0 Å². The maximum atomic E-state index is 11.9. The molecule has 2 heterocycles. The van der Waals surface area contributed by atoms with Crippen LogP contribution in [-0.4, -0.2) is 16.8 Å². The summed E-state index contributed by atoms with van der Waals surface area (Å²) in [5.41, 5.74) is 2.24. The Hall–Kier alpha value is -3.41. The lowest BCUT2D eigenvalue weighted by molar-refractivity contribution is 0.0880. The van der Waals surface area contributed by atoms with Crippen LogP contribution in [0.3, 0.4) is 0 Å². The van der Waals surface area contributed by atoms with Gasteiger partial charge in [0.25, 0.3) is 11.8 Å². The zero-order chi connectivity index (χ0) is 16.5. The molecule has 1 aromatic heterocycles. The van der Waals surface area contributed by atoms with Crippen molar-refractivity contribution in [2.24, 2.45) is 0 Å². The van der Waals surface area contributed by atoms with Crippen LogP contribution in [0, 0.1) is 0 Å². The van der Waals surface area contributed by atoms with Crippen LogP contribution in [0.4, 0.5) is 5.69 Å². The van der Waals surface area contributed by atoms with Crippen LogP contribution in [0.1, 0.15) is 26.5 Å². The lowest BCUT2D eigenvalue weighted by atomic mass is 10.1. The first-order valence-corrected chi connectivity index (χ1v) is 7.45. The monoisotopic (exact) mass is 319 g/mol. The van der Waals surface area contributed by atoms with Crippen LogP contribution < -0.4 is 10.6 Å². The number of hydrogen-bond acceptors (Lipinski definition) is 5. The van der Waals surface area contributed by atoms with Crippen LogP contribution in [-0.2, 0) is 6.54 Å². The number of carbonyl (C=O) groups is 2. The van der Waals surface area contributed by atoms with Gasteiger partial charge in [-0.05, 0) is 24.3 Å². The van der Waals surface area contributed by atoms with Gasteiger partial charge in [-0.1, -0.05) is 24.3 Å². The predicted octanol–water partition coefficient (Wildman–Crippen LogP) is 2.84. The zero-order valence-corrected chi connectivity index (χ0v) is 12.6. The van der Waals surface area contributed by atoms with Gasteiger partial charge in [-0.3, -0.25) is 14.9 Å². The Bertz CT molecular complexity index is 932. The zero-order valence-electron chi connectivity index (χ0n) is 12.6. The minimum absolute atomic E-state index is 0.359. The maximum absolute atomic E-state index is 11.9. The van der Waals surface area contributed by atoms with E-state index in [9.17, 15) is 9.59 Å². The Kier molecular flexibility index (Phi) is 3.35. The number of carbonyl (C=O) groups excluding carboxylic acids is 2. The number of benzene rings is 2. The van der Waals surface area contributed by atoms with Crippen molar-refractivity contribution in [1.29, 1.82) is 0 Å². The summed E-state index contributed by atoms with van der Waals surface area (Å²) in [6.07, 6.45) is 1.64. The summed E-state index contributed by atoms with van der Waals surface area (Å²) < 4.78 is 5.72. The Morgan fingerprint density at radius 2 is 1.83 bits per heavy atom. The molecule has 0 bridgehead atoms. The van der Waals surface area contributed by atoms with Gasteiger partial charge in [0.15, 0.2) is 0 Å². The third-order valence-corrected chi connectivity index (χ3v) is 3.79. The fourth-order valence-corrected chi connectivity index (χ4v) is 2.65. The average molecular weight is 319 g/mol. The number of fused-ring (bicyclic) bond motifs is 1. The normalized spacial score (nSPS) is 12.8. The van der Waals surface area contributed by atoms with Crippen molar-refractivity contribution in [1.82, 2.24) is 10.3 Å². The summed E-state index contributed by atoms with van der Waals surface area (Å²) in [6.45, 7) is 0.359. The van der Waals surface area contributed by atoms with E-state index in [-0.39, 0.29) is 11.8 Å². The summed E-state index contributed by atoms with van der Waals surface area (Å²) in [5, 5.41) is 5.42. The van der Waals surface area contributed by atoms with Crippen LogP contribution >= 0.6 is 0 Å². The van der Waals surface area contributed by atoms with E-state index in [1.165, 1.54) is 0 Å². The highest BCUT2D eigenvalue weighted by Crippen LogP contribution is 2.25. The van der Waals surface area contributed by atoms with Gasteiger partial charge >= 0.3 is 0 Å². The second-order valence-electron chi connectivity index (χ2n) is 5.36. The Labute approximate surface area is 137 Å². The number of nitrogens with one attached hydrogen (secondary N) is 2. The lowest BCUT2D eigenvalue weighted by Gasteiger charge is -2.07. The quantitative estimate of drug-likeness (QED) is 0.722. The highest BCUT2D eigenvalue weighted by molar-refractivity contribution is 6.23. The van der Waals surface area contributed by atoms with E-state index in [0.717, 1.165) is 5.56 Å². The second kappa shape index (κ2) is 5.66. The Morgan fingerprint density at radius 1 is 1.00 bits per heavy atom. The molecular formula is C18H13N3O3. The SMILES string of the molecule is O=C1NC(=O)c2c(NCc3cnc(-c4ccccc4)o3)cccc21. The summed E-state index contributed by atoms with van der Waals surface area (Å²) in [4.78, 5) is 27.8. The second-order valence-corrected chi connectivity index (χ2v) is 5.36. The minimum Gasteiger partial charge on any atom is -0.439 e. The van der Waals surface area contributed by atoms with E-state index < -0.39 is 0 Å². The van der Waals surface area contributed by atoms with E-state index in [2.05, 4.69) is 15.6 Å². The molecule has 2 aromatic carbocycles. The first kappa shape index (κ1) is 14.2. The van der Waals surface area contributed by atoms with Crippen molar-refractivity contribution in [3.05, 3.63) is 71.6 Å². The van der Waals surface area contributed by atoms with Gasteiger partial charge in [-0.25, -0.2) is 4.98 Å². The molecule has 118 valence electrons. The lowest BCUT2D eigenvalue weighted by Crippen LogP contribution is -2.20. The van der Waals surface area contributed by atoms with E-state index in [4.69, 9.17) is 4.42 Å². The van der Waals surface area contributed by atoms with E-state index in [1.807, 2.05) is 30.3 Å². The fourth-order valence-electron chi connectivity index (χ4n) is 2.65. The molecule has 4 rings (SSSR count). The number of hydrogen-bond donors (Lipinski definition) is 2. The largest absolute Gasteiger partial charge is 0.439 e. The standard InChI is InChI=1S/C18H13N3O3/c22-16-13-7-4-8-14(15(13)17(23)21-16)19-9-12-10-20-18(24-12)11-5-2-1-3-6-11/h1-8,10,19H,9H2,(H,21,22,23).